The summed E-state index contributed by atoms with van der Waals surface area (Å²) >= 11 is 1.73. The van der Waals surface area contributed by atoms with Crippen LogP contribution in [0.25, 0.3) is 0 Å². The normalized spacial score (nSPS) is 12.1. The third kappa shape index (κ3) is 4.16. The molecule has 16 heavy (non-hydrogen) atoms. The first-order valence-corrected chi connectivity index (χ1v) is 6.16. The van der Waals surface area contributed by atoms with Gasteiger partial charge in [-0.05, 0) is 24.9 Å². The molecule has 0 aliphatic carbocycles. The summed E-state index contributed by atoms with van der Waals surface area (Å²) in [6, 6.07) is 4.13. The molecule has 0 saturated carbocycles. The molecular weight excluding hydrogens is 222 g/mol. The minimum Gasteiger partial charge on any atom is -0.478 e. The Labute approximate surface area is 100 Å². The quantitative estimate of drug-likeness (QED) is 0.776. The van der Waals surface area contributed by atoms with E-state index in [0.717, 1.165) is 13.1 Å². The minimum atomic E-state index is -0.841. The molecule has 88 valence electrons. The summed E-state index contributed by atoms with van der Waals surface area (Å²) in [5.74, 6) is -0.841. The summed E-state index contributed by atoms with van der Waals surface area (Å²) < 4.78 is 0. The Morgan fingerprint density at radius 3 is 2.88 bits per heavy atom. The molecule has 0 fully saturated rings. The number of carbonyl (C=O) groups is 1. The van der Waals surface area contributed by atoms with Crippen LogP contribution < -0.4 is 0 Å². The van der Waals surface area contributed by atoms with Crippen molar-refractivity contribution in [2.24, 2.45) is 0 Å². The molecule has 0 aromatic carbocycles. The van der Waals surface area contributed by atoms with Gasteiger partial charge in [0.2, 0.25) is 0 Å². The lowest BCUT2D eigenvalue weighted by molar-refractivity contribution is -0.132. The Hall–Kier alpha value is -1.13. The highest BCUT2D eigenvalue weighted by molar-refractivity contribution is 7.09. The third-order valence-electron chi connectivity index (χ3n) is 2.40. The van der Waals surface area contributed by atoms with Crippen molar-refractivity contribution in [1.82, 2.24) is 4.90 Å². The summed E-state index contributed by atoms with van der Waals surface area (Å²) in [7, 11) is 0. The van der Waals surface area contributed by atoms with Crippen LogP contribution in [0.2, 0.25) is 0 Å². The number of hydrogen-bond acceptors (Lipinski definition) is 3. The average molecular weight is 239 g/mol. The standard InChI is InChI=1S/C12H17NO2S/c1-3-13(7-6-10(2)12(14)15)9-11-5-4-8-16-11/h4-6,8H,3,7,9H2,1-2H3,(H,14,15). The maximum absolute atomic E-state index is 10.6. The number of rotatable bonds is 6. The van der Waals surface area contributed by atoms with E-state index in [1.165, 1.54) is 4.88 Å². The van der Waals surface area contributed by atoms with Crippen molar-refractivity contribution in [3.05, 3.63) is 34.0 Å². The molecule has 1 aromatic rings. The van der Waals surface area contributed by atoms with Gasteiger partial charge in [0.05, 0.1) is 0 Å². The van der Waals surface area contributed by atoms with Crippen LogP contribution in [0.5, 0.6) is 0 Å². The number of likely N-dealkylation sites (N-methyl/N-ethyl adjacent to an activating group) is 1. The molecule has 1 heterocycles. The summed E-state index contributed by atoms with van der Waals surface area (Å²) in [6.45, 7) is 6.20. The van der Waals surface area contributed by atoms with Gasteiger partial charge in [-0.2, -0.15) is 0 Å². The highest BCUT2D eigenvalue weighted by Gasteiger charge is 2.04. The van der Waals surface area contributed by atoms with Crippen LogP contribution in [-0.4, -0.2) is 29.1 Å². The summed E-state index contributed by atoms with van der Waals surface area (Å²) in [5.41, 5.74) is 0.407. The molecule has 0 atom stereocenters. The molecule has 3 nitrogen and oxygen atoms in total. The molecule has 4 heteroatoms. The highest BCUT2D eigenvalue weighted by atomic mass is 32.1. The molecule has 0 spiro atoms. The molecule has 0 amide bonds. The zero-order valence-electron chi connectivity index (χ0n) is 9.64. The first-order valence-electron chi connectivity index (χ1n) is 5.28. The summed E-state index contributed by atoms with van der Waals surface area (Å²) in [6.07, 6.45) is 1.76. The van der Waals surface area contributed by atoms with E-state index in [2.05, 4.69) is 23.3 Å². The number of nitrogens with zero attached hydrogens (tertiary/aromatic N) is 1. The molecule has 0 unspecified atom stereocenters. The van der Waals surface area contributed by atoms with Gasteiger partial charge >= 0.3 is 5.97 Å². The zero-order chi connectivity index (χ0) is 12.0. The first kappa shape index (κ1) is 12.9. The van der Waals surface area contributed by atoms with Gasteiger partial charge in [0.25, 0.3) is 0 Å². The van der Waals surface area contributed by atoms with Gasteiger partial charge in [-0.25, -0.2) is 4.79 Å². The Morgan fingerprint density at radius 2 is 2.38 bits per heavy atom. The Morgan fingerprint density at radius 1 is 1.62 bits per heavy atom. The summed E-state index contributed by atoms with van der Waals surface area (Å²) in [4.78, 5) is 14.1. The molecular formula is C12H17NO2S. The van der Waals surface area contributed by atoms with Crippen LogP contribution in [0, 0.1) is 0 Å². The highest BCUT2D eigenvalue weighted by Crippen LogP contribution is 2.11. The second-order valence-electron chi connectivity index (χ2n) is 3.60. The van der Waals surface area contributed by atoms with E-state index in [1.807, 2.05) is 6.07 Å². The van der Waals surface area contributed by atoms with Crippen LogP contribution >= 0.6 is 11.3 Å². The predicted octanol–water partition coefficient (Wildman–Crippen LogP) is 2.60. The maximum atomic E-state index is 10.6. The molecule has 0 bridgehead atoms. The number of aliphatic carboxylic acids is 1. The first-order chi connectivity index (χ1) is 7.63. The molecule has 0 radical (unpaired) electrons. The maximum Gasteiger partial charge on any atom is 0.330 e. The molecule has 1 N–H and O–H groups in total. The number of thiophene rings is 1. The van der Waals surface area contributed by atoms with Gasteiger partial charge in [0.15, 0.2) is 0 Å². The summed E-state index contributed by atoms with van der Waals surface area (Å²) in [5, 5.41) is 10.8. The van der Waals surface area contributed by atoms with E-state index in [-0.39, 0.29) is 0 Å². The molecule has 0 saturated heterocycles. The van der Waals surface area contributed by atoms with Crippen molar-refractivity contribution < 1.29 is 9.90 Å². The van der Waals surface area contributed by atoms with Crippen molar-refractivity contribution in [2.45, 2.75) is 20.4 Å². The van der Waals surface area contributed by atoms with Crippen LogP contribution in [0.15, 0.2) is 29.2 Å². The van der Waals surface area contributed by atoms with Gasteiger partial charge in [-0.15, -0.1) is 11.3 Å². The van der Waals surface area contributed by atoms with Crippen molar-refractivity contribution in [2.75, 3.05) is 13.1 Å². The van der Waals surface area contributed by atoms with Crippen molar-refractivity contribution in [3.8, 4) is 0 Å². The average Bonchev–Trinajstić information content (AvgIpc) is 2.76. The van der Waals surface area contributed by atoms with Gasteiger partial charge in [0, 0.05) is 23.5 Å². The fourth-order valence-corrected chi connectivity index (χ4v) is 2.03. The Kier molecular flexibility index (Phi) is 5.22. The van der Waals surface area contributed by atoms with E-state index in [0.29, 0.717) is 12.1 Å². The lowest BCUT2D eigenvalue weighted by Crippen LogP contribution is -2.22. The lowest BCUT2D eigenvalue weighted by atomic mass is 10.2. The molecule has 0 aliphatic rings. The Balaban J connectivity index is 2.50. The monoisotopic (exact) mass is 239 g/mol. The second kappa shape index (κ2) is 6.45. The van der Waals surface area contributed by atoms with Crippen LogP contribution in [0.1, 0.15) is 18.7 Å². The minimum absolute atomic E-state index is 0.407. The third-order valence-corrected chi connectivity index (χ3v) is 3.26. The topological polar surface area (TPSA) is 40.5 Å². The van der Waals surface area contributed by atoms with Gasteiger partial charge in [0.1, 0.15) is 0 Å². The SMILES string of the molecule is CCN(CC=C(C)C(=O)O)Cc1cccs1. The molecule has 1 rings (SSSR count). The largest absolute Gasteiger partial charge is 0.478 e. The van der Waals surface area contributed by atoms with E-state index in [9.17, 15) is 4.79 Å². The van der Waals surface area contributed by atoms with Crippen LogP contribution in [0.4, 0.5) is 0 Å². The zero-order valence-corrected chi connectivity index (χ0v) is 10.5. The van der Waals surface area contributed by atoms with Gasteiger partial charge < -0.3 is 5.11 Å². The van der Waals surface area contributed by atoms with Crippen molar-refractivity contribution >= 4 is 17.3 Å². The van der Waals surface area contributed by atoms with E-state index in [1.54, 1.807) is 24.3 Å². The number of hydrogen-bond donors (Lipinski definition) is 1. The van der Waals surface area contributed by atoms with Gasteiger partial charge in [-0.1, -0.05) is 19.1 Å². The number of carboxylic acids is 1. The number of carboxylic acid groups (broad SMARTS) is 1. The van der Waals surface area contributed by atoms with Crippen molar-refractivity contribution in [3.63, 3.8) is 0 Å². The van der Waals surface area contributed by atoms with Gasteiger partial charge in [-0.3, -0.25) is 4.90 Å². The molecule has 0 aliphatic heterocycles. The fraction of sp³-hybridized carbons (Fsp3) is 0.417. The second-order valence-corrected chi connectivity index (χ2v) is 4.63. The smallest absolute Gasteiger partial charge is 0.330 e. The predicted molar refractivity (Wildman–Crippen MR) is 66.7 cm³/mol. The lowest BCUT2D eigenvalue weighted by Gasteiger charge is -2.17. The molecule has 1 aromatic heterocycles. The van der Waals surface area contributed by atoms with E-state index in [4.69, 9.17) is 5.11 Å². The van der Waals surface area contributed by atoms with E-state index >= 15 is 0 Å². The van der Waals surface area contributed by atoms with Crippen LogP contribution in [0.3, 0.4) is 0 Å². The van der Waals surface area contributed by atoms with Crippen LogP contribution in [-0.2, 0) is 11.3 Å². The Bertz CT molecular complexity index is 357. The fourth-order valence-electron chi connectivity index (χ4n) is 1.28. The van der Waals surface area contributed by atoms with E-state index < -0.39 is 5.97 Å². The van der Waals surface area contributed by atoms with Crippen molar-refractivity contribution in [1.29, 1.82) is 0 Å².